The van der Waals surface area contributed by atoms with Crippen LogP contribution in [0, 0.1) is 0 Å². The SMILES string of the molecule is CCCCC(NC(=O)[C@@H]1[C@@H](C)OCC(=O)N1Cc1ccccc1)C(=O)O. The first kappa shape index (κ1) is 19.9. The predicted molar refractivity (Wildman–Crippen MR) is 95.3 cm³/mol. The summed E-state index contributed by atoms with van der Waals surface area (Å²) in [5.74, 6) is -1.85. The van der Waals surface area contributed by atoms with Gasteiger partial charge in [-0.1, -0.05) is 50.1 Å². The highest BCUT2D eigenvalue weighted by molar-refractivity contribution is 5.91. The van der Waals surface area contributed by atoms with Crippen molar-refractivity contribution in [2.75, 3.05) is 6.61 Å². The van der Waals surface area contributed by atoms with Gasteiger partial charge in [-0.25, -0.2) is 4.79 Å². The molecule has 7 heteroatoms. The number of nitrogens with zero attached hydrogens (tertiary/aromatic N) is 1. The van der Waals surface area contributed by atoms with Crippen molar-refractivity contribution < 1.29 is 24.2 Å². The van der Waals surface area contributed by atoms with Crippen LogP contribution in [0.15, 0.2) is 30.3 Å². The maximum absolute atomic E-state index is 12.8. The van der Waals surface area contributed by atoms with Crippen molar-refractivity contribution in [2.45, 2.75) is 57.8 Å². The zero-order chi connectivity index (χ0) is 19.1. The van der Waals surface area contributed by atoms with Crippen molar-refractivity contribution in [1.29, 1.82) is 0 Å². The third-order valence-electron chi connectivity index (χ3n) is 4.50. The molecular formula is C19H26N2O5. The summed E-state index contributed by atoms with van der Waals surface area (Å²) in [6.07, 6.45) is 1.37. The van der Waals surface area contributed by atoms with Gasteiger partial charge in [-0.3, -0.25) is 9.59 Å². The van der Waals surface area contributed by atoms with Crippen LogP contribution < -0.4 is 5.32 Å². The predicted octanol–water partition coefficient (Wildman–Crippen LogP) is 1.56. The zero-order valence-corrected chi connectivity index (χ0v) is 15.2. The van der Waals surface area contributed by atoms with Crippen molar-refractivity contribution in [3.8, 4) is 0 Å². The van der Waals surface area contributed by atoms with Crippen molar-refractivity contribution in [3.63, 3.8) is 0 Å². The van der Waals surface area contributed by atoms with E-state index in [0.29, 0.717) is 12.8 Å². The van der Waals surface area contributed by atoms with Gasteiger partial charge in [-0.05, 0) is 18.9 Å². The number of ether oxygens (including phenoxy) is 1. The number of morpholine rings is 1. The smallest absolute Gasteiger partial charge is 0.326 e. The minimum Gasteiger partial charge on any atom is -0.480 e. The number of nitrogens with one attached hydrogen (secondary N) is 1. The van der Waals surface area contributed by atoms with E-state index in [1.54, 1.807) is 6.92 Å². The average Bonchev–Trinajstić information content (AvgIpc) is 2.62. The van der Waals surface area contributed by atoms with Gasteiger partial charge in [0.15, 0.2) is 0 Å². The molecule has 0 radical (unpaired) electrons. The molecule has 1 aliphatic rings. The molecule has 0 aliphatic carbocycles. The van der Waals surface area contributed by atoms with Gasteiger partial charge in [0.1, 0.15) is 18.7 Å². The molecule has 1 fully saturated rings. The standard InChI is InChI=1S/C19H26N2O5/c1-3-4-10-15(19(24)25)20-18(23)17-13(2)26-12-16(22)21(17)11-14-8-6-5-7-9-14/h5-9,13,15,17H,3-4,10-12H2,1-2H3,(H,20,23)(H,24,25)/t13-,15?,17+/m1/s1. The Hall–Kier alpha value is -2.41. The Bertz CT molecular complexity index is 634. The Morgan fingerprint density at radius 2 is 2.04 bits per heavy atom. The van der Waals surface area contributed by atoms with Gasteiger partial charge >= 0.3 is 5.97 Å². The number of carboxylic acid groups (broad SMARTS) is 1. The van der Waals surface area contributed by atoms with Crippen LogP contribution in [0.25, 0.3) is 0 Å². The van der Waals surface area contributed by atoms with Crippen molar-refractivity contribution >= 4 is 17.8 Å². The molecule has 0 aromatic heterocycles. The number of aliphatic carboxylic acids is 1. The van der Waals surface area contributed by atoms with E-state index in [1.807, 2.05) is 37.3 Å². The maximum atomic E-state index is 12.8. The number of unbranched alkanes of at least 4 members (excludes halogenated alkanes) is 1. The Kier molecular flexibility index (Phi) is 7.15. The molecule has 1 saturated heterocycles. The topological polar surface area (TPSA) is 95.9 Å². The second kappa shape index (κ2) is 9.33. The Balaban J connectivity index is 2.16. The molecule has 3 atom stereocenters. The quantitative estimate of drug-likeness (QED) is 0.732. The lowest BCUT2D eigenvalue weighted by molar-refractivity contribution is -0.164. The first-order valence-corrected chi connectivity index (χ1v) is 8.92. The number of amides is 2. The van der Waals surface area contributed by atoms with E-state index in [9.17, 15) is 19.5 Å². The lowest BCUT2D eigenvalue weighted by Gasteiger charge is -2.39. The number of hydrogen-bond acceptors (Lipinski definition) is 4. The highest BCUT2D eigenvalue weighted by Crippen LogP contribution is 2.19. The first-order chi connectivity index (χ1) is 12.4. The molecule has 1 aromatic rings. The van der Waals surface area contributed by atoms with Gasteiger partial charge in [0, 0.05) is 6.54 Å². The van der Waals surface area contributed by atoms with Crippen LogP contribution in [0.2, 0.25) is 0 Å². The van der Waals surface area contributed by atoms with E-state index in [-0.39, 0.29) is 19.1 Å². The van der Waals surface area contributed by atoms with Crippen molar-refractivity contribution in [1.82, 2.24) is 10.2 Å². The molecule has 1 unspecified atom stereocenters. The molecule has 0 spiro atoms. The van der Waals surface area contributed by atoms with Gasteiger partial charge in [-0.15, -0.1) is 0 Å². The van der Waals surface area contributed by atoms with E-state index >= 15 is 0 Å². The number of rotatable bonds is 8. The molecule has 0 bridgehead atoms. The van der Waals surface area contributed by atoms with Gasteiger partial charge < -0.3 is 20.1 Å². The molecule has 2 N–H and O–H groups in total. The lowest BCUT2D eigenvalue weighted by Crippen LogP contribution is -2.61. The summed E-state index contributed by atoms with van der Waals surface area (Å²) >= 11 is 0. The second-order valence-corrected chi connectivity index (χ2v) is 6.51. The van der Waals surface area contributed by atoms with Crippen LogP contribution in [0.3, 0.4) is 0 Å². The van der Waals surface area contributed by atoms with Crippen LogP contribution >= 0.6 is 0 Å². The largest absolute Gasteiger partial charge is 0.480 e. The summed E-state index contributed by atoms with van der Waals surface area (Å²) in [5, 5.41) is 11.9. The van der Waals surface area contributed by atoms with Gasteiger partial charge in [-0.2, -0.15) is 0 Å². The van der Waals surface area contributed by atoms with Crippen molar-refractivity contribution in [3.05, 3.63) is 35.9 Å². The third kappa shape index (κ3) is 5.05. The Morgan fingerprint density at radius 3 is 2.65 bits per heavy atom. The monoisotopic (exact) mass is 362 g/mol. The maximum Gasteiger partial charge on any atom is 0.326 e. The van der Waals surface area contributed by atoms with Gasteiger partial charge in [0.05, 0.1) is 6.10 Å². The van der Waals surface area contributed by atoms with E-state index < -0.39 is 30.1 Å². The van der Waals surface area contributed by atoms with E-state index in [0.717, 1.165) is 12.0 Å². The second-order valence-electron chi connectivity index (χ2n) is 6.51. The Labute approximate surface area is 153 Å². The molecule has 26 heavy (non-hydrogen) atoms. The normalized spacial score (nSPS) is 21.3. The number of carbonyl (C=O) groups is 3. The lowest BCUT2D eigenvalue weighted by atomic mass is 10.0. The van der Waals surface area contributed by atoms with Crippen LogP contribution in [0.4, 0.5) is 0 Å². The molecule has 0 saturated carbocycles. The van der Waals surface area contributed by atoms with Crippen LogP contribution in [0.5, 0.6) is 0 Å². The Morgan fingerprint density at radius 1 is 1.35 bits per heavy atom. The van der Waals surface area contributed by atoms with Gasteiger partial charge in [0.2, 0.25) is 11.8 Å². The fourth-order valence-electron chi connectivity index (χ4n) is 3.03. The molecule has 1 aliphatic heterocycles. The molecule has 1 heterocycles. The number of hydrogen-bond donors (Lipinski definition) is 2. The number of carboxylic acids is 1. The summed E-state index contributed by atoms with van der Waals surface area (Å²) in [6.45, 7) is 3.86. The van der Waals surface area contributed by atoms with E-state index in [1.165, 1.54) is 4.90 Å². The molecule has 2 rings (SSSR count). The van der Waals surface area contributed by atoms with Crippen LogP contribution in [-0.2, 0) is 25.7 Å². The first-order valence-electron chi connectivity index (χ1n) is 8.92. The molecule has 7 nitrogen and oxygen atoms in total. The fourth-order valence-corrected chi connectivity index (χ4v) is 3.03. The summed E-state index contributed by atoms with van der Waals surface area (Å²) in [4.78, 5) is 38.0. The van der Waals surface area contributed by atoms with Gasteiger partial charge in [0.25, 0.3) is 0 Å². The van der Waals surface area contributed by atoms with Crippen LogP contribution in [0.1, 0.15) is 38.7 Å². The average molecular weight is 362 g/mol. The van der Waals surface area contributed by atoms with Crippen molar-refractivity contribution in [2.24, 2.45) is 0 Å². The molecule has 2 amide bonds. The fraction of sp³-hybridized carbons (Fsp3) is 0.526. The number of benzene rings is 1. The van der Waals surface area contributed by atoms with Crippen LogP contribution in [-0.4, -0.2) is 52.6 Å². The minimum absolute atomic E-state index is 0.0873. The number of carbonyl (C=O) groups excluding carboxylic acids is 2. The third-order valence-corrected chi connectivity index (χ3v) is 4.50. The summed E-state index contributed by atoms with van der Waals surface area (Å²) in [5.41, 5.74) is 0.897. The minimum atomic E-state index is -1.07. The van der Waals surface area contributed by atoms with E-state index in [4.69, 9.17) is 4.74 Å². The summed E-state index contributed by atoms with van der Waals surface area (Å²) in [7, 11) is 0. The van der Waals surface area contributed by atoms with E-state index in [2.05, 4.69) is 5.32 Å². The summed E-state index contributed by atoms with van der Waals surface area (Å²) in [6, 6.07) is 7.54. The summed E-state index contributed by atoms with van der Waals surface area (Å²) < 4.78 is 5.42. The highest BCUT2D eigenvalue weighted by atomic mass is 16.5. The molecular weight excluding hydrogens is 336 g/mol. The molecule has 1 aromatic carbocycles. The zero-order valence-electron chi connectivity index (χ0n) is 15.2. The molecule has 142 valence electrons. The highest BCUT2D eigenvalue weighted by Gasteiger charge is 2.40.